The van der Waals surface area contributed by atoms with Crippen molar-refractivity contribution in [3.05, 3.63) is 60.2 Å². The summed E-state index contributed by atoms with van der Waals surface area (Å²) in [6.07, 6.45) is 3.38. The van der Waals surface area contributed by atoms with E-state index in [1.807, 2.05) is 11.8 Å². The number of hydrogen-bond acceptors (Lipinski definition) is 1. The summed E-state index contributed by atoms with van der Waals surface area (Å²) in [6, 6.07) is 19.9. The Bertz CT molecular complexity index is 711. The molecule has 96 valence electrons. The summed E-state index contributed by atoms with van der Waals surface area (Å²) in [5.74, 6) is 0. The highest BCUT2D eigenvalue weighted by Crippen LogP contribution is 2.36. The molecule has 19 heavy (non-hydrogen) atoms. The van der Waals surface area contributed by atoms with Crippen LogP contribution < -0.4 is 0 Å². The quantitative estimate of drug-likeness (QED) is 0.539. The Labute approximate surface area is 118 Å². The molecule has 0 aliphatic rings. The Morgan fingerprint density at radius 2 is 1.58 bits per heavy atom. The van der Waals surface area contributed by atoms with Crippen LogP contribution >= 0.6 is 11.8 Å². The number of thioether (sulfide) groups is 1. The first-order valence-electron chi connectivity index (χ1n) is 6.77. The van der Waals surface area contributed by atoms with Crippen molar-refractivity contribution >= 4 is 33.3 Å². The van der Waals surface area contributed by atoms with E-state index in [1.54, 1.807) is 0 Å². The van der Waals surface area contributed by atoms with Gasteiger partial charge in [-0.3, -0.25) is 0 Å². The van der Waals surface area contributed by atoms with Crippen LogP contribution in [0.1, 0.15) is 24.2 Å². The molecule has 1 heteroatoms. The van der Waals surface area contributed by atoms with Gasteiger partial charge in [0, 0.05) is 5.25 Å². The van der Waals surface area contributed by atoms with Gasteiger partial charge in [0.25, 0.3) is 0 Å². The Hall–Kier alpha value is -1.47. The first-order chi connectivity index (χ1) is 9.33. The second-order valence-electron chi connectivity index (χ2n) is 4.90. The molecule has 0 saturated carbocycles. The largest absolute Gasteiger partial charge is 0.157 e. The Kier molecular flexibility index (Phi) is 3.48. The molecule has 3 aromatic rings. The van der Waals surface area contributed by atoms with E-state index in [4.69, 9.17) is 0 Å². The summed E-state index contributed by atoms with van der Waals surface area (Å²) in [5, 5.41) is 6.00. The minimum absolute atomic E-state index is 0.588. The maximum absolute atomic E-state index is 2.35. The molecule has 0 heterocycles. The molecule has 3 aromatic carbocycles. The topological polar surface area (TPSA) is 0 Å². The van der Waals surface area contributed by atoms with Crippen molar-refractivity contribution in [2.75, 3.05) is 6.26 Å². The third-order valence-electron chi connectivity index (χ3n) is 3.78. The number of hydrogen-bond donors (Lipinski definition) is 0. The predicted octanol–water partition coefficient (Wildman–Crippen LogP) is 5.81. The molecular weight excluding hydrogens is 248 g/mol. The van der Waals surface area contributed by atoms with Crippen LogP contribution in [0.4, 0.5) is 0 Å². The lowest BCUT2D eigenvalue weighted by Gasteiger charge is -2.15. The molecule has 0 N–H and O–H groups in total. The molecule has 0 radical (unpaired) electrons. The SMILES string of the molecule is CCC(SC)c1cccc2cc3ccccc3cc12. The van der Waals surface area contributed by atoms with E-state index in [2.05, 4.69) is 67.8 Å². The van der Waals surface area contributed by atoms with Crippen LogP contribution in [0.25, 0.3) is 21.5 Å². The maximum Gasteiger partial charge on any atom is 0.0298 e. The lowest BCUT2D eigenvalue weighted by molar-refractivity contribution is 0.906. The van der Waals surface area contributed by atoms with Crippen molar-refractivity contribution < 1.29 is 0 Å². The Morgan fingerprint density at radius 1 is 0.895 bits per heavy atom. The normalized spacial score (nSPS) is 12.9. The van der Waals surface area contributed by atoms with E-state index in [-0.39, 0.29) is 0 Å². The van der Waals surface area contributed by atoms with Gasteiger partial charge in [0.1, 0.15) is 0 Å². The summed E-state index contributed by atoms with van der Waals surface area (Å²) in [6.45, 7) is 2.26. The first-order valence-corrected chi connectivity index (χ1v) is 8.06. The van der Waals surface area contributed by atoms with E-state index in [0.717, 1.165) is 0 Å². The summed E-state index contributed by atoms with van der Waals surface area (Å²) >= 11 is 1.94. The van der Waals surface area contributed by atoms with Gasteiger partial charge in [0.15, 0.2) is 0 Å². The Morgan fingerprint density at radius 3 is 2.26 bits per heavy atom. The van der Waals surface area contributed by atoms with Crippen molar-refractivity contribution in [2.24, 2.45) is 0 Å². The van der Waals surface area contributed by atoms with Crippen LogP contribution in [0, 0.1) is 0 Å². The van der Waals surface area contributed by atoms with Crippen molar-refractivity contribution in [2.45, 2.75) is 18.6 Å². The van der Waals surface area contributed by atoms with Gasteiger partial charge in [-0.1, -0.05) is 49.4 Å². The molecule has 0 aliphatic heterocycles. The number of fused-ring (bicyclic) bond motifs is 2. The average molecular weight is 266 g/mol. The van der Waals surface area contributed by atoms with Gasteiger partial charge in [0.2, 0.25) is 0 Å². The predicted molar refractivity (Wildman–Crippen MR) is 88.0 cm³/mol. The highest BCUT2D eigenvalue weighted by Gasteiger charge is 2.11. The molecule has 0 nitrogen and oxygen atoms in total. The van der Waals surface area contributed by atoms with E-state index in [0.29, 0.717) is 5.25 Å². The average Bonchev–Trinajstić information content (AvgIpc) is 2.46. The fourth-order valence-corrected chi connectivity index (χ4v) is 3.58. The molecule has 0 spiro atoms. The number of benzene rings is 3. The lowest BCUT2D eigenvalue weighted by Crippen LogP contribution is -1.93. The monoisotopic (exact) mass is 266 g/mol. The van der Waals surface area contributed by atoms with E-state index >= 15 is 0 Å². The van der Waals surface area contributed by atoms with Crippen LogP contribution in [-0.2, 0) is 0 Å². The molecule has 0 saturated heterocycles. The third-order valence-corrected chi connectivity index (χ3v) is 4.94. The second-order valence-corrected chi connectivity index (χ2v) is 5.94. The molecule has 1 unspecified atom stereocenters. The molecule has 3 rings (SSSR count). The summed E-state index contributed by atoms with van der Waals surface area (Å²) in [7, 11) is 0. The van der Waals surface area contributed by atoms with Gasteiger partial charge in [-0.25, -0.2) is 0 Å². The van der Waals surface area contributed by atoms with E-state index in [1.165, 1.54) is 33.5 Å². The molecular formula is C18H18S. The maximum atomic E-state index is 2.35. The second kappa shape index (κ2) is 5.26. The van der Waals surface area contributed by atoms with Gasteiger partial charge >= 0.3 is 0 Å². The fourth-order valence-electron chi connectivity index (χ4n) is 2.79. The minimum atomic E-state index is 0.588. The molecule has 1 atom stereocenters. The van der Waals surface area contributed by atoms with Gasteiger partial charge in [-0.05, 0) is 51.9 Å². The van der Waals surface area contributed by atoms with Crippen LogP contribution in [0.3, 0.4) is 0 Å². The highest BCUT2D eigenvalue weighted by atomic mass is 32.2. The van der Waals surface area contributed by atoms with Gasteiger partial charge in [0.05, 0.1) is 0 Å². The smallest absolute Gasteiger partial charge is 0.0298 e. The third kappa shape index (κ3) is 2.23. The van der Waals surface area contributed by atoms with Crippen LogP contribution in [0.2, 0.25) is 0 Å². The van der Waals surface area contributed by atoms with Crippen molar-refractivity contribution in [3.8, 4) is 0 Å². The number of rotatable bonds is 3. The van der Waals surface area contributed by atoms with Crippen LogP contribution in [0.5, 0.6) is 0 Å². The van der Waals surface area contributed by atoms with Crippen LogP contribution in [-0.4, -0.2) is 6.26 Å². The van der Waals surface area contributed by atoms with Crippen LogP contribution in [0.15, 0.2) is 54.6 Å². The molecule has 0 fully saturated rings. The van der Waals surface area contributed by atoms with Gasteiger partial charge in [-0.2, -0.15) is 11.8 Å². The summed E-state index contributed by atoms with van der Waals surface area (Å²) in [5.41, 5.74) is 1.47. The van der Waals surface area contributed by atoms with E-state index in [9.17, 15) is 0 Å². The highest BCUT2D eigenvalue weighted by molar-refractivity contribution is 7.98. The lowest BCUT2D eigenvalue weighted by atomic mass is 9.97. The zero-order chi connectivity index (χ0) is 13.2. The zero-order valence-electron chi connectivity index (χ0n) is 11.4. The van der Waals surface area contributed by atoms with Crippen molar-refractivity contribution in [1.82, 2.24) is 0 Å². The van der Waals surface area contributed by atoms with Crippen molar-refractivity contribution in [3.63, 3.8) is 0 Å². The molecule has 0 amide bonds. The van der Waals surface area contributed by atoms with Gasteiger partial charge < -0.3 is 0 Å². The first kappa shape index (κ1) is 12.6. The Balaban J connectivity index is 2.31. The summed E-state index contributed by atoms with van der Waals surface area (Å²) in [4.78, 5) is 0. The molecule has 0 aliphatic carbocycles. The standard InChI is InChI=1S/C18H18S/c1-3-18(19-2)16-10-6-9-15-11-13-7-4-5-8-14(13)12-17(15)16/h4-12,18H,3H2,1-2H3. The van der Waals surface area contributed by atoms with E-state index < -0.39 is 0 Å². The minimum Gasteiger partial charge on any atom is -0.157 e. The fraction of sp³-hybridized carbons (Fsp3) is 0.222. The summed E-state index contributed by atoms with van der Waals surface area (Å²) < 4.78 is 0. The van der Waals surface area contributed by atoms with Gasteiger partial charge in [-0.15, -0.1) is 0 Å². The zero-order valence-corrected chi connectivity index (χ0v) is 12.2. The molecule has 0 aromatic heterocycles. The van der Waals surface area contributed by atoms with Crippen molar-refractivity contribution in [1.29, 1.82) is 0 Å². The molecule has 0 bridgehead atoms.